The first-order valence-electron chi connectivity index (χ1n) is 10.9. The number of hydrogen-bond donors (Lipinski definition) is 5. The van der Waals surface area contributed by atoms with E-state index in [1.54, 1.807) is 18.3 Å². The second-order valence-corrected chi connectivity index (χ2v) is 9.01. The zero-order valence-electron chi connectivity index (χ0n) is 18.6. The van der Waals surface area contributed by atoms with Crippen molar-refractivity contribution in [3.8, 4) is 22.6 Å². The Kier molecular flexibility index (Phi) is 4.95. The number of fused-ring (bicyclic) bond motifs is 3. The Morgan fingerprint density at radius 2 is 1.91 bits per heavy atom. The summed E-state index contributed by atoms with van der Waals surface area (Å²) in [7, 11) is 1.50. The minimum Gasteiger partial charge on any atom is -0.508 e. The Hall–Kier alpha value is -4.18. The number of ether oxygens (including phenoxy) is 1. The third kappa shape index (κ3) is 3.06. The van der Waals surface area contributed by atoms with Crippen LogP contribution in [0, 0.1) is 11.8 Å². The first-order valence-corrected chi connectivity index (χ1v) is 10.9. The van der Waals surface area contributed by atoms with Crippen LogP contribution in [0.5, 0.6) is 11.5 Å². The van der Waals surface area contributed by atoms with Crippen LogP contribution in [0.3, 0.4) is 0 Å². The zero-order chi connectivity index (χ0) is 25.2. The fourth-order valence-electron chi connectivity index (χ4n) is 5.57. The molecule has 1 saturated carbocycles. The molecule has 3 aliphatic carbocycles. The minimum atomic E-state index is -2.58. The van der Waals surface area contributed by atoms with Crippen LogP contribution >= 0.6 is 0 Å². The lowest BCUT2D eigenvalue weighted by Gasteiger charge is -2.46. The van der Waals surface area contributed by atoms with E-state index in [0.29, 0.717) is 22.4 Å². The summed E-state index contributed by atoms with van der Waals surface area (Å²) in [6, 6.07) is 4.79. The van der Waals surface area contributed by atoms with Gasteiger partial charge >= 0.3 is 0 Å². The molecule has 5 rings (SSSR count). The number of methoxy groups -OCH3 is 1. The number of aromatic hydroxyl groups is 1. The number of carbonyl (C=O) groups excluding carboxylic acids is 3. The molecular weight excluding hydrogens is 456 g/mol. The maximum absolute atomic E-state index is 13.5. The van der Waals surface area contributed by atoms with Crippen LogP contribution in [-0.2, 0) is 20.8 Å². The van der Waals surface area contributed by atoms with Gasteiger partial charge in [-0.05, 0) is 42.0 Å². The summed E-state index contributed by atoms with van der Waals surface area (Å²) in [5, 5.41) is 43.7. The molecule has 0 bridgehead atoms. The fourth-order valence-corrected chi connectivity index (χ4v) is 5.57. The number of benzene rings is 1. The molecule has 1 amide bonds. The molecule has 0 aliphatic heterocycles. The van der Waals surface area contributed by atoms with Crippen molar-refractivity contribution in [3.63, 3.8) is 0 Å². The van der Waals surface area contributed by atoms with E-state index in [4.69, 9.17) is 10.5 Å². The summed E-state index contributed by atoms with van der Waals surface area (Å²) in [4.78, 5) is 41.9. The Morgan fingerprint density at radius 3 is 2.60 bits per heavy atom. The van der Waals surface area contributed by atoms with Crippen LogP contribution in [0.15, 0.2) is 47.5 Å². The van der Waals surface area contributed by atoms with E-state index in [9.17, 15) is 34.8 Å². The molecule has 2 aromatic rings. The lowest BCUT2D eigenvalue weighted by molar-refractivity contribution is -0.147. The maximum atomic E-state index is 13.5. The third-order valence-electron chi connectivity index (χ3n) is 7.21. The monoisotopic (exact) mass is 478 g/mol. The van der Waals surface area contributed by atoms with Gasteiger partial charge in [0.1, 0.15) is 28.6 Å². The number of aromatic nitrogens is 1. The van der Waals surface area contributed by atoms with Crippen molar-refractivity contribution in [2.24, 2.45) is 17.6 Å². The van der Waals surface area contributed by atoms with Crippen molar-refractivity contribution in [1.82, 2.24) is 4.98 Å². The number of Topliss-reactive ketones (excluding diaryl/α,β-unsaturated/α-hetero) is 2. The molecule has 6 N–H and O–H groups in total. The smallest absolute Gasteiger partial charge is 0.255 e. The molecule has 0 saturated heterocycles. The fraction of sp³-hybridized carbons (Fsp3) is 0.280. The van der Waals surface area contributed by atoms with Gasteiger partial charge in [0, 0.05) is 29.7 Å². The number of aliphatic hydroxyl groups is 3. The van der Waals surface area contributed by atoms with Crippen LogP contribution in [-0.4, -0.2) is 55.6 Å². The standard InChI is InChI=1S/C25H22N2O8/c1-35-13-5-11(8-27-9-13)14-2-3-16(28)19-15(14)6-10-4-12-7-17(29)20(24(26)33)23(32)25(12,34)22(31)18(10)21(19)30/h2-3,5,8-10,12,28,30,32,34H,4,6-7H2,1H3,(H2,26,33)/t10-,12+,25+/m1/s1. The average Bonchev–Trinajstić information content (AvgIpc) is 2.81. The Bertz CT molecular complexity index is 1390. The minimum absolute atomic E-state index is 0.0254. The van der Waals surface area contributed by atoms with E-state index in [-0.39, 0.29) is 36.1 Å². The number of aliphatic hydroxyl groups excluding tert-OH is 2. The number of phenolic OH excluding ortho intramolecular Hbond substituents is 1. The van der Waals surface area contributed by atoms with Crippen LogP contribution < -0.4 is 10.5 Å². The van der Waals surface area contributed by atoms with Gasteiger partial charge in [-0.3, -0.25) is 19.4 Å². The molecule has 180 valence electrons. The lowest BCUT2D eigenvalue weighted by atomic mass is 9.59. The molecule has 10 heteroatoms. The summed E-state index contributed by atoms with van der Waals surface area (Å²) >= 11 is 0. The van der Waals surface area contributed by atoms with E-state index in [2.05, 4.69) is 4.98 Å². The third-order valence-corrected chi connectivity index (χ3v) is 7.21. The van der Waals surface area contributed by atoms with Gasteiger partial charge in [-0.25, -0.2) is 0 Å². The molecule has 0 unspecified atom stereocenters. The molecule has 3 atom stereocenters. The highest BCUT2D eigenvalue weighted by molar-refractivity contribution is 6.22. The van der Waals surface area contributed by atoms with E-state index >= 15 is 0 Å². The normalized spacial score (nSPS) is 25.7. The number of nitrogens with two attached hydrogens (primary N) is 1. The molecule has 35 heavy (non-hydrogen) atoms. The molecular formula is C25H22N2O8. The van der Waals surface area contributed by atoms with Crippen LogP contribution in [0.25, 0.3) is 16.9 Å². The molecule has 1 heterocycles. The summed E-state index contributed by atoms with van der Waals surface area (Å²) in [6.45, 7) is 0. The highest BCUT2D eigenvalue weighted by Gasteiger charge is 2.60. The second-order valence-electron chi connectivity index (χ2n) is 9.01. The largest absolute Gasteiger partial charge is 0.508 e. The molecule has 10 nitrogen and oxygen atoms in total. The number of carbonyl (C=O) groups is 3. The Labute approximate surface area is 199 Å². The predicted molar refractivity (Wildman–Crippen MR) is 121 cm³/mol. The predicted octanol–water partition coefficient (Wildman–Crippen LogP) is 1.49. The van der Waals surface area contributed by atoms with Gasteiger partial charge in [0.05, 0.1) is 18.9 Å². The molecule has 3 aliphatic rings. The van der Waals surface area contributed by atoms with Gasteiger partial charge in [-0.15, -0.1) is 0 Å². The van der Waals surface area contributed by atoms with Gasteiger partial charge in [-0.1, -0.05) is 6.07 Å². The van der Waals surface area contributed by atoms with E-state index in [1.165, 1.54) is 19.4 Å². The van der Waals surface area contributed by atoms with Crippen LogP contribution in [0.1, 0.15) is 24.0 Å². The quantitative estimate of drug-likeness (QED) is 0.408. The topological polar surface area (TPSA) is 180 Å². The molecule has 1 aromatic heterocycles. The zero-order valence-corrected chi connectivity index (χ0v) is 18.6. The van der Waals surface area contributed by atoms with Crippen molar-refractivity contribution < 1.29 is 39.5 Å². The molecule has 0 spiro atoms. The lowest BCUT2D eigenvalue weighted by Crippen LogP contribution is -2.58. The number of nitrogens with zero attached hydrogens (tertiary/aromatic N) is 1. The summed E-state index contributed by atoms with van der Waals surface area (Å²) in [6.07, 6.45) is 3.04. The SMILES string of the molecule is COc1cncc(-c2ccc(O)c3c2C[C@H]2C[C@H]4CC(=O)C(C(N)=O)=C(O)[C@@]4(O)C(=O)C2=C3O)c1. The number of amides is 1. The van der Waals surface area contributed by atoms with E-state index < -0.39 is 52.0 Å². The van der Waals surface area contributed by atoms with Crippen molar-refractivity contribution >= 4 is 23.2 Å². The first kappa shape index (κ1) is 22.6. The van der Waals surface area contributed by atoms with Gasteiger partial charge in [0.25, 0.3) is 5.91 Å². The second kappa shape index (κ2) is 7.67. The highest BCUT2D eigenvalue weighted by atomic mass is 16.5. The first-order chi connectivity index (χ1) is 16.6. The Balaban J connectivity index is 1.70. The summed E-state index contributed by atoms with van der Waals surface area (Å²) < 4.78 is 5.25. The summed E-state index contributed by atoms with van der Waals surface area (Å²) in [5.74, 6) is -6.08. The van der Waals surface area contributed by atoms with Gasteiger partial charge in [0.15, 0.2) is 11.4 Å². The molecule has 1 aromatic carbocycles. The van der Waals surface area contributed by atoms with Gasteiger partial charge in [0.2, 0.25) is 5.78 Å². The van der Waals surface area contributed by atoms with Crippen LogP contribution in [0.4, 0.5) is 0 Å². The number of ketones is 2. The van der Waals surface area contributed by atoms with Gasteiger partial charge < -0.3 is 30.9 Å². The van der Waals surface area contributed by atoms with Crippen molar-refractivity contribution in [2.45, 2.75) is 24.9 Å². The molecule has 1 fully saturated rings. The highest BCUT2D eigenvalue weighted by Crippen LogP contribution is 2.53. The number of pyridine rings is 1. The number of primary amides is 1. The average molecular weight is 478 g/mol. The van der Waals surface area contributed by atoms with E-state index in [1.807, 2.05) is 0 Å². The Morgan fingerprint density at radius 1 is 1.17 bits per heavy atom. The summed E-state index contributed by atoms with van der Waals surface area (Å²) in [5.41, 5.74) is 3.52. The number of phenols is 1. The van der Waals surface area contributed by atoms with Gasteiger partial charge in [-0.2, -0.15) is 0 Å². The van der Waals surface area contributed by atoms with E-state index in [0.717, 1.165) is 0 Å². The molecule has 0 radical (unpaired) electrons. The van der Waals surface area contributed by atoms with Crippen LogP contribution in [0.2, 0.25) is 0 Å². The maximum Gasteiger partial charge on any atom is 0.255 e. The van der Waals surface area contributed by atoms with Crippen molar-refractivity contribution in [2.75, 3.05) is 7.11 Å². The number of hydrogen-bond acceptors (Lipinski definition) is 9. The van der Waals surface area contributed by atoms with Crippen molar-refractivity contribution in [1.29, 1.82) is 0 Å². The number of rotatable bonds is 3. The van der Waals surface area contributed by atoms with Crippen molar-refractivity contribution in [3.05, 3.63) is 58.6 Å².